The highest BCUT2D eigenvalue weighted by Gasteiger charge is 2.16. The van der Waals surface area contributed by atoms with Crippen LogP contribution in [0.5, 0.6) is 0 Å². The van der Waals surface area contributed by atoms with Crippen LogP contribution < -0.4 is 5.32 Å². The molecule has 0 bridgehead atoms. The van der Waals surface area contributed by atoms with Gasteiger partial charge in [-0.2, -0.15) is 0 Å². The predicted molar refractivity (Wildman–Crippen MR) is 61.0 cm³/mol. The summed E-state index contributed by atoms with van der Waals surface area (Å²) in [5.74, 6) is 0.0775. The summed E-state index contributed by atoms with van der Waals surface area (Å²) in [5.41, 5.74) is 3.89. The average molecular weight is 201 g/mol. The average Bonchev–Trinajstić information content (AvgIpc) is 2.27. The Labute approximate surface area is 90.0 Å². The van der Waals surface area contributed by atoms with E-state index in [9.17, 15) is 4.79 Å². The summed E-state index contributed by atoms with van der Waals surface area (Å²) in [6.45, 7) is 7.30. The van der Waals surface area contributed by atoms with Gasteiger partial charge in [-0.1, -0.05) is 24.8 Å². The number of allylic oxidation sites excluding steroid dienone is 1. The van der Waals surface area contributed by atoms with Crippen molar-refractivity contribution < 1.29 is 4.79 Å². The number of carbonyl (C=O) groups excluding carboxylic acids is 1. The van der Waals surface area contributed by atoms with E-state index in [1.807, 2.05) is 12.1 Å². The van der Waals surface area contributed by atoms with Gasteiger partial charge in [0.1, 0.15) is 0 Å². The molecule has 15 heavy (non-hydrogen) atoms. The molecular formula is C13H15NO. The van der Waals surface area contributed by atoms with Crippen LogP contribution >= 0.6 is 0 Å². The first-order chi connectivity index (χ1) is 7.20. The van der Waals surface area contributed by atoms with Gasteiger partial charge in [0.25, 0.3) is 0 Å². The molecule has 1 heterocycles. The quantitative estimate of drug-likeness (QED) is 0.586. The van der Waals surface area contributed by atoms with Gasteiger partial charge in [-0.15, -0.1) is 0 Å². The molecule has 0 radical (unpaired) electrons. The number of benzene rings is 1. The van der Waals surface area contributed by atoms with Crippen LogP contribution in [0.1, 0.15) is 28.4 Å². The highest BCUT2D eigenvalue weighted by Crippen LogP contribution is 2.20. The first-order valence-electron chi connectivity index (χ1n) is 5.22. The van der Waals surface area contributed by atoms with E-state index < -0.39 is 0 Å². The molecule has 0 unspecified atom stereocenters. The van der Waals surface area contributed by atoms with Gasteiger partial charge >= 0.3 is 0 Å². The molecular weight excluding hydrogens is 186 g/mol. The molecule has 0 aliphatic carbocycles. The minimum atomic E-state index is 0.0775. The smallest absolute Gasteiger partial charge is 0.188 e. The predicted octanol–water partition coefficient (Wildman–Crippen LogP) is 2.09. The van der Waals surface area contributed by atoms with E-state index in [1.54, 1.807) is 6.92 Å². The van der Waals surface area contributed by atoms with Gasteiger partial charge in [0.2, 0.25) is 0 Å². The van der Waals surface area contributed by atoms with Crippen molar-refractivity contribution in [1.29, 1.82) is 0 Å². The fraction of sp³-hybridized carbons (Fsp3) is 0.308. The molecule has 0 saturated heterocycles. The molecule has 2 nitrogen and oxygen atoms in total. The van der Waals surface area contributed by atoms with Crippen molar-refractivity contribution in [2.45, 2.75) is 19.9 Å². The van der Waals surface area contributed by atoms with Crippen molar-refractivity contribution in [3.63, 3.8) is 0 Å². The van der Waals surface area contributed by atoms with Crippen molar-refractivity contribution in [2.24, 2.45) is 0 Å². The third-order valence-corrected chi connectivity index (χ3v) is 2.77. The molecule has 0 fully saturated rings. The van der Waals surface area contributed by atoms with Crippen LogP contribution in [-0.2, 0) is 13.0 Å². The van der Waals surface area contributed by atoms with Crippen LogP contribution in [0, 0.1) is 0 Å². The van der Waals surface area contributed by atoms with Crippen molar-refractivity contribution >= 4 is 5.78 Å². The Bertz CT molecular complexity index is 421. The van der Waals surface area contributed by atoms with Crippen molar-refractivity contribution in [3.05, 3.63) is 47.0 Å². The summed E-state index contributed by atoms with van der Waals surface area (Å²) >= 11 is 0. The van der Waals surface area contributed by atoms with Crippen molar-refractivity contribution in [1.82, 2.24) is 5.32 Å². The number of hydrogen-bond donors (Lipinski definition) is 1. The van der Waals surface area contributed by atoms with Crippen LogP contribution in [0.2, 0.25) is 0 Å². The van der Waals surface area contributed by atoms with Gasteiger partial charge < -0.3 is 5.32 Å². The maximum Gasteiger partial charge on any atom is 0.188 e. The summed E-state index contributed by atoms with van der Waals surface area (Å²) in [6.07, 6.45) is 0.935. The van der Waals surface area contributed by atoms with E-state index in [4.69, 9.17) is 0 Å². The number of hydrogen-bond acceptors (Lipinski definition) is 2. The Hall–Kier alpha value is -1.41. The number of nitrogens with one attached hydrogen (secondary N) is 1. The maximum absolute atomic E-state index is 11.9. The molecule has 0 atom stereocenters. The van der Waals surface area contributed by atoms with Crippen LogP contribution in [-0.4, -0.2) is 12.3 Å². The van der Waals surface area contributed by atoms with E-state index in [0.29, 0.717) is 5.57 Å². The van der Waals surface area contributed by atoms with Crippen molar-refractivity contribution in [2.75, 3.05) is 6.54 Å². The van der Waals surface area contributed by atoms with Crippen LogP contribution in [0.25, 0.3) is 0 Å². The molecule has 0 spiro atoms. The van der Waals surface area contributed by atoms with Gasteiger partial charge in [0.15, 0.2) is 5.78 Å². The molecule has 1 aliphatic heterocycles. The van der Waals surface area contributed by atoms with Crippen LogP contribution in [0.3, 0.4) is 0 Å². The normalized spacial score (nSPS) is 14.5. The molecule has 1 aromatic rings. The summed E-state index contributed by atoms with van der Waals surface area (Å²) in [6, 6.07) is 5.93. The summed E-state index contributed by atoms with van der Waals surface area (Å²) in [5, 5.41) is 3.30. The third-order valence-electron chi connectivity index (χ3n) is 2.77. The standard InChI is InChI=1S/C13H15NO/c1-9(2)13(15)12-5-3-4-10-8-14-7-6-11(10)12/h3-5,14H,1,6-8H2,2H3. The molecule has 78 valence electrons. The highest BCUT2D eigenvalue weighted by atomic mass is 16.1. The Kier molecular flexibility index (Phi) is 2.69. The SMILES string of the molecule is C=C(C)C(=O)c1cccc2c1CCNC2. The number of rotatable bonds is 2. The third kappa shape index (κ3) is 1.85. The first-order valence-corrected chi connectivity index (χ1v) is 5.22. The molecule has 0 amide bonds. The van der Waals surface area contributed by atoms with E-state index in [0.717, 1.165) is 25.1 Å². The lowest BCUT2D eigenvalue weighted by atomic mass is 9.91. The topological polar surface area (TPSA) is 29.1 Å². The minimum Gasteiger partial charge on any atom is -0.312 e. The fourth-order valence-corrected chi connectivity index (χ4v) is 1.97. The molecule has 1 N–H and O–H groups in total. The number of carbonyl (C=O) groups is 1. The first kappa shape index (κ1) is 10.1. The summed E-state index contributed by atoms with van der Waals surface area (Å²) < 4.78 is 0. The van der Waals surface area contributed by atoms with Crippen molar-refractivity contribution in [3.8, 4) is 0 Å². The lowest BCUT2D eigenvalue weighted by Crippen LogP contribution is -2.25. The van der Waals surface area contributed by atoms with Gasteiger partial charge in [-0.05, 0) is 36.6 Å². The fourth-order valence-electron chi connectivity index (χ4n) is 1.97. The van der Waals surface area contributed by atoms with Gasteiger partial charge in [-0.3, -0.25) is 4.79 Å². The Morgan fingerprint density at radius 1 is 1.47 bits per heavy atom. The van der Waals surface area contributed by atoms with Gasteiger partial charge in [0, 0.05) is 12.1 Å². The van der Waals surface area contributed by atoms with Crippen LogP contribution in [0.4, 0.5) is 0 Å². The van der Waals surface area contributed by atoms with E-state index in [1.165, 1.54) is 11.1 Å². The summed E-state index contributed by atoms with van der Waals surface area (Å²) in [4.78, 5) is 11.9. The highest BCUT2D eigenvalue weighted by molar-refractivity contribution is 6.09. The zero-order chi connectivity index (χ0) is 10.8. The minimum absolute atomic E-state index is 0.0775. The van der Waals surface area contributed by atoms with Gasteiger partial charge in [-0.25, -0.2) is 0 Å². The summed E-state index contributed by atoms with van der Waals surface area (Å²) in [7, 11) is 0. The monoisotopic (exact) mass is 201 g/mol. The van der Waals surface area contributed by atoms with E-state index >= 15 is 0 Å². The molecule has 0 aromatic heterocycles. The lowest BCUT2D eigenvalue weighted by molar-refractivity contribution is 0.103. The maximum atomic E-state index is 11.9. The molecule has 1 aromatic carbocycles. The van der Waals surface area contributed by atoms with Crippen LogP contribution in [0.15, 0.2) is 30.4 Å². The second kappa shape index (κ2) is 3.99. The number of Topliss-reactive ketones (excluding diaryl/α,β-unsaturated/α-hetero) is 1. The molecule has 0 saturated carbocycles. The van der Waals surface area contributed by atoms with E-state index in [-0.39, 0.29) is 5.78 Å². The number of ketones is 1. The lowest BCUT2D eigenvalue weighted by Gasteiger charge is -2.19. The second-order valence-corrected chi connectivity index (χ2v) is 3.98. The zero-order valence-electron chi connectivity index (χ0n) is 8.97. The Morgan fingerprint density at radius 2 is 2.27 bits per heavy atom. The Morgan fingerprint density at radius 3 is 3.00 bits per heavy atom. The molecule has 1 aliphatic rings. The van der Waals surface area contributed by atoms with E-state index in [2.05, 4.69) is 18.0 Å². The van der Waals surface area contributed by atoms with Gasteiger partial charge in [0.05, 0.1) is 0 Å². The second-order valence-electron chi connectivity index (χ2n) is 3.98. The zero-order valence-corrected chi connectivity index (χ0v) is 8.97. The number of fused-ring (bicyclic) bond motifs is 1. The Balaban J connectivity index is 2.48. The molecule has 2 rings (SSSR count). The largest absolute Gasteiger partial charge is 0.312 e. The molecule has 2 heteroatoms.